The van der Waals surface area contributed by atoms with Gasteiger partial charge in [0.2, 0.25) is 0 Å². The largest absolute Gasteiger partial charge is 0.507 e. The van der Waals surface area contributed by atoms with Gasteiger partial charge in [0.1, 0.15) is 0 Å². The van der Waals surface area contributed by atoms with Crippen molar-refractivity contribution in [3.8, 4) is 0 Å². The highest BCUT2D eigenvalue weighted by Gasteiger charge is 1.92. The molecule has 0 saturated carbocycles. The van der Waals surface area contributed by atoms with E-state index in [0.717, 1.165) is 0 Å². The van der Waals surface area contributed by atoms with Crippen molar-refractivity contribution in [2.75, 3.05) is 13.7 Å². The van der Waals surface area contributed by atoms with Crippen LogP contribution in [0, 0.1) is 0 Å². The topological polar surface area (TPSA) is 35.5 Å². The molecular weight excluding hydrogens is 164 g/mol. The Bertz CT molecular complexity index is 73.6. The SMILES string of the molecule is B.CCOC(=O)OC.F.F.F. The van der Waals surface area contributed by atoms with Crippen LogP contribution in [0.4, 0.5) is 18.9 Å². The van der Waals surface area contributed by atoms with Crippen LogP contribution in [0.25, 0.3) is 0 Å². The van der Waals surface area contributed by atoms with Crippen LogP contribution in [0.2, 0.25) is 0 Å². The van der Waals surface area contributed by atoms with Gasteiger partial charge in [0.25, 0.3) is 0 Å². The van der Waals surface area contributed by atoms with Crippen molar-refractivity contribution in [1.82, 2.24) is 0 Å². The number of methoxy groups -OCH3 is 1. The van der Waals surface area contributed by atoms with E-state index in [-0.39, 0.29) is 22.5 Å². The third-order valence-corrected chi connectivity index (χ3v) is 0.429. The van der Waals surface area contributed by atoms with E-state index >= 15 is 0 Å². The number of hydrogen-bond donors (Lipinski definition) is 0. The highest BCUT2D eigenvalue weighted by Crippen LogP contribution is 1.77. The Hall–Kier alpha value is -0.875. The Morgan fingerprint density at radius 1 is 1.27 bits per heavy atom. The molecule has 0 aromatic rings. The zero-order valence-corrected chi connectivity index (χ0v) is 5.66. The summed E-state index contributed by atoms with van der Waals surface area (Å²) in [6.07, 6.45) is -0.623. The van der Waals surface area contributed by atoms with Crippen LogP contribution < -0.4 is 0 Å². The summed E-state index contributed by atoms with van der Waals surface area (Å²) in [5.41, 5.74) is 0. The average molecular weight is 178 g/mol. The fraction of sp³-hybridized carbons (Fsp3) is 0.750. The van der Waals surface area contributed by atoms with E-state index < -0.39 is 6.16 Å². The summed E-state index contributed by atoms with van der Waals surface area (Å²) >= 11 is 0. The van der Waals surface area contributed by atoms with Crippen molar-refractivity contribution in [2.24, 2.45) is 0 Å². The standard InChI is InChI=1S/C4H8O3.BH3.3FH/c1-3-7-4(5)6-2;;;;/h3H2,1-2H3;1H3;3*1H. The number of halogens is 3. The number of hydrogen-bond acceptors (Lipinski definition) is 3. The molecule has 0 N–H and O–H groups in total. The molecule has 0 aliphatic heterocycles. The lowest BCUT2D eigenvalue weighted by Crippen LogP contribution is -2.02. The maximum absolute atomic E-state index is 9.97. The summed E-state index contributed by atoms with van der Waals surface area (Å²) < 4.78 is 8.46. The molecule has 3 nitrogen and oxygen atoms in total. The lowest BCUT2D eigenvalue weighted by Gasteiger charge is -1.94. The van der Waals surface area contributed by atoms with E-state index in [0.29, 0.717) is 6.61 Å². The predicted octanol–water partition coefficient (Wildman–Crippen LogP) is 0.0629. The van der Waals surface area contributed by atoms with E-state index in [1.807, 2.05) is 0 Å². The summed E-state index contributed by atoms with van der Waals surface area (Å²) in [7, 11) is 1.28. The molecule has 0 radical (unpaired) electrons. The van der Waals surface area contributed by atoms with Gasteiger partial charge in [-0.2, -0.15) is 0 Å². The van der Waals surface area contributed by atoms with Gasteiger partial charge in [0, 0.05) is 0 Å². The zero-order chi connectivity index (χ0) is 5.70. The number of rotatable bonds is 1. The molecule has 0 aromatic heterocycles. The van der Waals surface area contributed by atoms with E-state index in [2.05, 4.69) is 9.47 Å². The van der Waals surface area contributed by atoms with E-state index in [1.165, 1.54) is 7.11 Å². The van der Waals surface area contributed by atoms with Crippen LogP contribution in [0.15, 0.2) is 0 Å². The lowest BCUT2D eigenvalue weighted by molar-refractivity contribution is 0.0771. The van der Waals surface area contributed by atoms with Crippen molar-refractivity contribution in [3.63, 3.8) is 0 Å². The predicted molar refractivity (Wildman–Crippen MR) is 41.5 cm³/mol. The van der Waals surface area contributed by atoms with Crippen molar-refractivity contribution in [3.05, 3.63) is 0 Å². The molecule has 0 saturated heterocycles. The molecule has 11 heavy (non-hydrogen) atoms. The highest BCUT2D eigenvalue weighted by atomic mass is 19.0. The molecule has 0 bridgehead atoms. The van der Waals surface area contributed by atoms with Gasteiger partial charge in [-0.1, -0.05) is 0 Å². The summed E-state index contributed by atoms with van der Waals surface area (Å²) in [6, 6.07) is 0. The molecule has 0 spiro atoms. The molecular formula is C4H14BF3O3. The molecule has 0 aromatic carbocycles. The Morgan fingerprint density at radius 2 is 1.64 bits per heavy atom. The van der Waals surface area contributed by atoms with Gasteiger partial charge < -0.3 is 9.47 Å². The Morgan fingerprint density at radius 3 is 1.73 bits per heavy atom. The van der Waals surface area contributed by atoms with Gasteiger partial charge in [0.05, 0.1) is 22.1 Å². The van der Waals surface area contributed by atoms with Gasteiger partial charge in [-0.3, -0.25) is 14.1 Å². The molecule has 72 valence electrons. The molecule has 0 rings (SSSR count). The second-order valence-electron chi connectivity index (χ2n) is 0.887. The van der Waals surface area contributed by atoms with Crippen LogP contribution in [0.5, 0.6) is 0 Å². The summed E-state index contributed by atoms with van der Waals surface area (Å²) in [5.74, 6) is 0. The molecule has 0 heterocycles. The van der Waals surface area contributed by atoms with Crippen molar-refractivity contribution < 1.29 is 28.4 Å². The smallest absolute Gasteiger partial charge is 0.438 e. The van der Waals surface area contributed by atoms with Gasteiger partial charge in [-0.15, -0.1) is 0 Å². The van der Waals surface area contributed by atoms with Crippen LogP contribution in [0.3, 0.4) is 0 Å². The Labute approximate surface area is 64.7 Å². The zero-order valence-electron chi connectivity index (χ0n) is 5.66. The molecule has 0 atom stereocenters. The first-order valence-corrected chi connectivity index (χ1v) is 2.02. The first-order chi connectivity index (χ1) is 3.31. The Balaban J connectivity index is -0.0000000300. The minimum Gasteiger partial charge on any atom is -0.438 e. The van der Waals surface area contributed by atoms with Crippen LogP contribution in [-0.2, 0) is 9.47 Å². The van der Waals surface area contributed by atoms with Crippen LogP contribution in [-0.4, -0.2) is 28.3 Å². The molecule has 0 amide bonds. The van der Waals surface area contributed by atoms with Crippen LogP contribution in [0.1, 0.15) is 6.92 Å². The number of carbonyl (C=O) groups is 1. The first-order valence-electron chi connectivity index (χ1n) is 2.02. The summed E-state index contributed by atoms with van der Waals surface area (Å²) in [5, 5.41) is 0. The minimum absolute atomic E-state index is 0. The normalized spacial score (nSPS) is 4.91. The van der Waals surface area contributed by atoms with Gasteiger partial charge in [0.15, 0.2) is 0 Å². The van der Waals surface area contributed by atoms with Crippen molar-refractivity contribution >= 4 is 14.6 Å². The third kappa shape index (κ3) is 27.2. The van der Waals surface area contributed by atoms with E-state index in [1.54, 1.807) is 6.92 Å². The first kappa shape index (κ1) is 32.1. The average Bonchev–Trinajstić information content (AvgIpc) is 1.68. The second-order valence-corrected chi connectivity index (χ2v) is 0.887. The molecule has 0 fully saturated rings. The molecule has 0 unspecified atom stereocenters. The van der Waals surface area contributed by atoms with E-state index in [4.69, 9.17) is 0 Å². The number of carbonyl (C=O) groups excluding carboxylic acids is 1. The quantitative estimate of drug-likeness (QED) is 0.420. The third-order valence-electron chi connectivity index (χ3n) is 0.429. The lowest BCUT2D eigenvalue weighted by atomic mass is 10.8. The Kier molecular flexibility index (Phi) is 66.9. The van der Waals surface area contributed by atoms with Gasteiger partial charge in [-0.25, -0.2) is 4.79 Å². The fourth-order valence-corrected chi connectivity index (χ4v) is 0.177. The monoisotopic (exact) mass is 178 g/mol. The highest BCUT2D eigenvalue weighted by molar-refractivity contribution is 5.75. The van der Waals surface area contributed by atoms with Crippen molar-refractivity contribution in [2.45, 2.75) is 6.92 Å². The van der Waals surface area contributed by atoms with E-state index in [9.17, 15) is 4.79 Å². The maximum atomic E-state index is 9.97. The fourth-order valence-electron chi connectivity index (χ4n) is 0.177. The van der Waals surface area contributed by atoms with Crippen LogP contribution >= 0.6 is 0 Å². The second kappa shape index (κ2) is 22.9. The molecule has 7 heteroatoms. The number of ether oxygens (including phenoxy) is 2. The summed E-state index contributed by atoms with van der Waals surface area (Å²) in [6.45, 7) is 2.09. The minimum atomic E-state index is -0.623. The van der Waals surface area contributed by atoms with Crippen molar-refractivity contribution in [1.29, 1.82) is 0 Å². The maximum Gasteiger partial charge on any atom is 0.507 e. The van der Waals surface area contributed by atoms with Gasteiger partial charge in [-0.05, 0) is 6.92 Å². The summed E-state index contributed by atoms with van der Waals surface area (Å²) in [4.78, 5) is 9.97. The molecule has 0 aliphatic carbocycles. The van der Waals surface area contributed by atoms with Gasteiger partial charge >= 0.3 is 6.16 Å². The molecule has 0 aliphatic rings.